The van der Waals surface area contributed by atoms with Gasteiger partial charge in [-0.15, -0.1) is 0 Å². The molecule has 1 N–H and O–H groups in total. The van der Waals surface area contributed by atoms with Crippen molar-refractivity contribution >= 4 is 17.4 Å². The number of methoxy groups -OCH3 is 1. The maximum absolute atomic E-state index is 11.5. The number of ether oxygens (including phenoxy) is 1. The van der Waals surface area contributed by atoms with Crippen LogP contribution in [0.3, 0.4) is 0 Å². The first-order chi connectivity index (χ1) is 7.61. The van der Waals surface area contributed by atoms with Gasteiger partial charge in [-0.3, -0.25) is 9.59 Å². The van der Waals surface area contributed by atoms with Gasteiger partial charge in [0, 0.05) is 11.8 Å². The van der Waals surface area contributed by atoms with E-state index in [-0.39, 0.29) is 36.2 Å². The summed E-state index contributed by atoms with van der Waals surface area (Å²) >= 11 is 0. The zero-order valence-corrected chi connectivity index (χ0v) is 8.77. The van der Waals surface area contributed by atoms with Crippen molar-refractivity contribution in [3.63, 3.8) is 0 Å². The summed E-state index contributed by atoms with van der Waals surface area (Å²) in [5.74, 6) is -0.0383. The molecule has 0 aliphatic carbocycles. The Bertz CT molecular complexity index is 455. The normalized spacial score (nSPS) is 15.7. The van der Waals surface area contributed by atoms with Gasteiger partial charge in [0.15, 0.2) is 17.3 Å². The first-order valence-electron chi connectivity index (χ1n) is 4.81. The fourth-order valence-electron chi connectivity index (χ4n) is 1.65. The fourth-order valence-corrected chi connectivity index (χ4v) is 1.65. The number of rotatable bonds is 2. The number of aromatic hydroxyl groups is 1. The van der Waals surface area contributed by atoms with Gasteiger partial charge in [-0.1, -0.05) is 0 Å². The van der Waals surface area contributed by atoms with Crippen molar-refractivity contribution in [3.05, 3.63) is 18.2 Å². The molecular formula is C11H11NO4. The largest absolute Gasteiger partial charge is 0.504 e. The number of carbonyl (C=O) groups is 2. The molecule has 0 spiro atoms. The third-order valence-electron chi connectivity index (χ3n) is 2.46. The Labute approximate surface area is 92.2 Å². The van der Waals surface area contributed by atoms with Crippen LogP contribution >= 0.6 is 0 Å². The van der Waals surface area contributed by atoms with E-state index in [4.69, 9.17) is 4.74 Å². The van der Waals surface area contributed by atoms with Crippen LogP contribution in [0.1, 0.15) is 6.42 Å². The minimum atomic E-state index is -0.224. The molecule has 5 nitrogen and oxygen atoms in total. The number of phenols is 1. The number of amides is 1. The highest BCUT2D eigenvalue weighted by atomic mass is 16.5. The fraction of sp³-hybridized carbons (Fsp3) is 0.273. The molecule has 16 heavy (non-hydrogen) atoms. The number of hydrogen-bond acceptors (Lipinski definition) is 4. The standard InChI is InChI=1S/C11H11NO4/c1-16-10-4-7(2-3-9(10)14)12-6-8(13)5-11(12)15/h2-4,14H,5-6H2,1H3. The quantitative estimate of drug-likeness (QED) is 0.747. The van der Waals surface area contributed by atoms with Gasteiger partial charge in [0.05, 0.1) is 20.1 Å². The van der Waals surface area contributed by atoms with Crippen molar-refractivity contribution in [1.82, 2.24) is 0 Å². The summed E-state index contributed by atoms with van der Waals surface area (Å²) in [6.07, 6.45) is -0.0524. The van der Waals surface area contributed by atoms with Crippen LogP contribution < -0.4 is 9.64 Å². The van der Waals surface area contributed by atoms with Crippen molar-refractivity contribution in [2.75, 3.05) is 18.6 Å². The lowest BCUT2D eigenvalue weighted by atomic mass is 10.2. The number of benzene rings is 1. The second kappa shape index (κ2) is 3.84. The lowest BCUT2D eigenvalue weighted by Crippen LogP contribution is -2.24. The van der Waals surface area contributed by atoms with Crippen LogP contribution in [-0.4, -0.2) is 30.5 Å². The molecule has 0 unspecified atom stereocenters. The van der Waals surface area contributed by atoms with Gasteiger partial charge in [-0.2, -0.15) is 0 Å². The van der Waals surface area contributed by atoms with E-state index in [0.717, 1.165) is 0 Å². The average molecular weight is 221 g/mol. The molecule has 1 aliphatic heterocycles. The molecule has 1 fully saturated rings. The smallest absolute Gasteiger partial charge is 0.234 e. The van der Waals surface area contributed by atoms with Crippen molar-refractivity contribution in [1.29, 1.82) is 0 Å². The highest BCUT2D eigenvalue weighted by Crippen LogP contribution is 2.31. The predicted octanol–water partition coefficient (Wildman–Crippen LogP) is 0.707. The van der Waals surface area contributed by atoms with Crippen LogP contribution in [0, 0.1) is 0 Å². The van der Waals surface area contributed by atoms with E-state index in [1.165, 1.54) is 24.1 Å². The lowest BCUT2D eigenvalue weighted by molar-refractivity contribution is -0.121. The van der Waals surface area contributed by atoms with E-state index in [2.05, 4.69) is 0 Å². The zero-order chi connectivity index (χ0) is 11.7. The molecule has 1 aromatic rings. The molecule has 0 saturated carbocycles. The number of ketones is 1. The maximum atomic E-state index is 11.5. The minimum Gasteiger partial charge on any atom is -0.504 e. The zero-order valence-electron chi connectivity index (χ0n) is 8.77. The second-order valence-electron chi connectivity index (χ2n) is 3.55. The van der Waals surface area contributed by atoms with Crippen LogP contribution in [0.25, 0.3) is 0 Å². The summed E-state index contributed by atoms with van der Waals surface area (Å²) in [6.45, 7) is 0.0900. The third-order valence-corrected chi connectivity index (χ3v) is 2.46. The molecule has 1 aliphatic rings. The molecule has 1 saturated heterocycles. The number of phenolic OH excluding ortho intramolecular Hbond substituents is 1. The Morgan fingerprint density at radius 2 is 2.12 bits per heavy atom. The second-order valence-corrected chi connectivity index (χ2v) is 3.55. The summed E-state index contributed by atoms with van der Waals surface area (Å²) < 4.78 is 4.93. The SMILES string of the molecule is COc1cc(N2CC(=O)CC2=O)ccc1O. The van der Waals surface area contributed by atoms with Crippen LogP contribution in [0.15, 0.2) is 18.2 Å². The van der Waals surface area contributed by atoms with E-state index in [1.807, 2.05) is 0 Å². The van der Waals surface area contributed by atoms with Gasteiger partial charge >= 0.3 is 0 Å². The summed E-state index contributed by atoms with van der Waals surface area (Å²) in [5.41, 5.74) is 0.561. The van der Waals surface area contributed by atoms with Gasteiger partial charge in [0.25, 0.3) is 0 Å². The Balaban J connectivity index is 2.34. The van der Waals surface area contributed by atoms with Gasteiger partial charge < -0.3 is 14.7 Å². The van der Waals surface area contributed by atoms with Gasteiger partial charge in [0.2, 0.25) is 5.91 Å². The van der Waals surface area contributed by atoms with Gasteiger partial charge in [-0.05, 0) is 12.1 Å². The van der Waals surface area contributed by atoms with E-state index < -0.39 is 0 Å². The van der Waals surface area contributed by atoms with Crippen molar-refractivity contribution in [2.24, 2.45) is 0 Å². The van der Waals surface area contributed by atoms with E-state index in [1.54, 1.807) is 6.07 Å². The summed E-state index contributed by atoms with van der Waals surface area (Å²) in [5, 5.41) is 9.40. The summed E-state index contributed by atoms with van der Waals surface area (Å²) in [6, 6.07) is 4.55. The molecular weight excluding hydrogens is 210 g/mol. The van der Waals surface area contributed by atoms with E-state index in [9.17, 15) is 14.7 Å². The summed E-state index contributed by atoms with van der Waals surface area (Å²) in [4.78, 5) is 24.0. The average Bonchev–Trinajstić information content (AvgIpc) is 2.59. The number of anilines is 1. The maximum Gasteiger partial charge on any atom is 0.234 e. The van der Waals surface area contributed by atoms with E-state index in [0.29, 0.717) is 5.69 Å². The Kier molecular flexibility index (Phi) is 2.52. The Morgan fingerprint density at radius 1 is 1.38 bits per heavy atom. The van der Waals surface area contributed by atoms with Crippen LogP contribution in [0.2, 0.25) is 0 Å². The van der Waals surface area contributed by atoms with Gasteiger partial charge in [-0.25, -0.2) is 0 Å². The first-order valence-corrected chi connectivity index (χ1v) is 4.81. The van der Waals surface area contributed by atoms with Gasteiger partial charge in [0.1, 0.15) is 0 Å². The molecule has 1 amide bonds. The highest BCUT2D eigenvalue weighted by Gasteiger charge is 2.28. The van der Waals surface area contributed by atoms with Crippen LogP contribution in [0.5, 0.6) is 11.5 Å². The molecule has 0 aromatic heterocycles. The molecule has 2 rings (SSSR count). The Morgan fingerprint density at radius 3 is 2.69 bits per heavy atom. The molecule has 1 aromatic carbocycles. The number of hydrogen-bond donors (Lipinski definition) is 1. The minimum absolute atomic E-state index is 0.00391. The van der Waals surface area contributed by atoms with Crippen molar-refractivity contribution in [3.8, 4) is 11.5 Å². The first kappa shape index (κ1) is 10.5. The molecule has 0 bridgehead atoms. The van der Waals surface area contributed by atoms with Crippen molar-refractivity contribution < 1.29 is 19.4 Å². The Hall–Kier alpha value is -2.04. The number of nitrogens with zero attached hydrogens (tertiary/aromatic N) is 1. The highest BCUT2D eigenvalue weighted by molar-refractivity contribution is 6.15. The summed E-state index contributed by atoms with van der Waals surface area (Å²) in [7, 11) is 1.43. The van der Waals surface area contributed by atoms with Crippen molar-refractivity contribution in [2.45, 2.75) is 6.42 Å². The molecule has 84 valence electrons. The monoisotopic (exact) mass is 221 g/mol. The molecule has 0 radical (unpaired) electrons. The third kappa shape index (κ3) is 1.71. The van der Waals surface area contributed by atoms with Crippen LogP contribution in [0.4, 0.5) is 5.69 Å². The number of carbonyl (C=O) groups excluding carboxylic acids is 2. The predicted molar refractivity (Wildman–Crippen MR) is 56.6 cm³/mol. The lowest BCUT2D eigenvalue weighted by Gasteiger charge is -2.15. The number of Topliss-reactive ketones (excluding diaryl/α,β-unsaturated/α-hetero) is 1. The van der Waals surface area contributed by atoms with Crippen LogP contribution in [-0.2, 0) is 9.59 Å². The molecule has 5 heteroatoms. The molecule has 0 atom stereocenters. The molecule has 1 heterocycles. The topological polar surface area (TPSA) is 66.8 Å². The van der Waals surface area contributed by atoms with E-state index >= 15 is 0 Å².